The van der Waals surface area contributed by atoms with Crippen molar-refractivity contribution in [1.29, 1.82) is 0 Å². The molecule has 1 fully saturated rings. The van der Waals surface area contributed by atoms with Gasteiger partial charge < -0.3 is 10.4 Å². The summed E-state index contributed by atoms with van der Waals surface area (Å²) >= 11 is 1.62. The average molecular weight is 246 g/mol. The third kappa shape index (κ3) is 2.89. The maximum atomic E-state index is 11.4. The van der Waals surface area contributed by atoms with E-state index in [1.165, 1.54) is 0 Å². The van der Waals surface area contributed by atoms with Crippen molar-refractivity contribution in [2.45, 2.75) is 31.3 Å². The highest BCUT2D eigenvalue weighted by atomic mass is 32.2. The van der Waals surface area contributed by atoms with Gasteiger partial charge in [-0.3, -0.25) is 14.9 Å². The Labute approximate surface area is 99.4 Å². The van der Waals surface area contributed by atoms with Crippen LogP contribution in [0.2, 0.25) is 0 Å². The lowest BCUT2D eigenvalue weighted by Crippen LogP contribution is -2.61. The van der Waals surface area contributed by atoms with Gasteiger partial charge in [-0.15, -0.1) is 0 Å². The van der Waals surface area contributed by atoms with E-state index in [9.17, 15) is 14.7 Å². The second kappa shape index (κ2) is 5.54. The Kier molecular flexibility index (Phi) is 4.61. The number of carbonyl (C=O) groups is 2. The molecule has 3 N–H and O–H groups in total. The van der Waals surface area contributed by atoms with Gasteiger partial charge in [-0.25, -0.2) is 0 Å². The van der Waals surface area contributed by atoms with E-state index in [2.05, 4.69) is 10.6 Å². The van der Waals surface area contributed by atoms with Gasteiger partial charge in [0.05, 0.1) is 6.04 Å². The lowest BCUT2D eigenvalue weighted by atomic mass is 9.94. The van der Waals surface area contributed by atoms with Crippen LogP contribution in [0.5, 0.6) is 0 Å². The molecule has 1 amide bonds. The van der Waals surface area contributed by atoms with Crippen molar-refractivity contribution in [3.63, 3.8) is 0 Å². The van der Waals surface area contributed by atoms with E-state index in [-0.39, 0.29) is 5.91 Å². The monoisotopic (exact) mass is 246 g/mol. The van der Waals surface area contributed by atoms with Gasteiger partial charge in [-0.1, -0.05) is 0 Å². The van der Waals surface area contributed by atoms with Crippen molar-refractivity contribution in [2.24, 2.45) is 0 Å². The van der Waals surface area contributed by atoms with Crippen molar-refractivity contribution >= 4 is 23.6 Å². The van der Waals surface area contributed by atoms with Crippen LogP contribution in [-0.4, -0.2) is 47.1 Å². The van der Waals surface area contributed by atoms with Gasteiger partial charge in [-0.2, -0.15) is 11.8 Å². The van der Waals surface area contributed by atoms with Gasteiger partial charge >= 0.3 is 5.97 Å². The van der Waals surface area contributed by atoms with Crippen LogP contribution in [0.3, 0.4) is 0 Å². The first-order chi connectivity index (χ1) is 7.52. The molecular weight excluding hydrogens is 228 g/mol. The fraction of sp³-hybridized carbons (Fsp3) is 0.800. The Morgan fingerprint density at radius 1 is 1.50 bits per heavy atom. The standard InChI is InChI=1S/C10H18N2O3S/c1-7(8(13)11-2)12-10(9(14)15)4-3-5-16-6-10/h7,12H,3-6H2,1-2H3,(H,11,13)(H,14,15). The van der Waals surface area contributed by atoms with E-state index in [0.717, 1.165) is 12.2 Å². The Morgan fingerprint density at radius 2 is 2.19 bits per heavy atom. The van der Waals surface area contributed by atoms with E-state index in [1.54, 1.807) is 25.7 Å². The molecule has 2 unspecified atom stereocenters. The normalized spacial score (nSPS) is 27.1. The zero-order chi connectivity index (χ0) is 12.2. The summed E-state index contributed by atoms with van der Waals surface area (Å²) in [6, 6.07) is -0.486. The van der Waals surface area contributed by atoms with Crippen LogP contribution in [0.15, 0.2) is 0 Å². The van der Waals surface area contributed by atoms with E-state index in [4.69, 9.17) is 0 Å². The molecule has 0 spiro atoms. The predicted molar refractivity (Wildman–Crippen MR) is 63.6 cm³/mol. The maximum Gasteiger partial charge on any atom is 0.324 e. The minimum absolute atomic E-state index is 0.184. The SMILES string of the molecule is CNC(=O)C(C)NC1(C(=O)O)CCCSC1. The first-order valence-electron chi connectivity index (χ1n) is 5.32. The third-order valence-electron chi connectivity index (χ3n) is 2.78. The number of carboxylic acid groups (broad SMARTS) is 1. The molecule has 1 heterocycles. The lowest BCUT2D eigenvalue weighted by Gasteiger charge is -2.35. The highest BCUT2D eigenvalue weighted by Gasteiger charge is 2.41. The number of amides is 1. The summed E-state index contributed by atoms with van der Waals surface area (Å²) < 4.78 is 0. The van der Waals surface area contributed by atoms with Gasteiger partial charge in [0, 0.05) is 12.8 Å². The zero-order valence-electron chi connectivity index (χ0n) is 9.58. The van der Waals surface area contributed by atoms with Crippen LogP contribution in [-0.2, 0) is 9.59 Å². The Morgan fingerprint density at radius 3 is 2.62 bits per heavy atom. The Balaban J connectivity index is 2.71. The van der Waals surface area contributed by atoms with Gasteiger partial charge in [-0.05, 0) is 25.5 Å². The summed E-state index contributed by atoms with van der Waals surface area (Å²) in [6.45, 7) is 1.68. The number of likely N-dealkylation sites (N-methyl/N-ethyl adjacent to an activating group) is 1. The molecule has 0 bridgehead atoms. The van der Waals surface area contributed by atoms with Crippen LogP contribution in [0.25, 0.3) is 0 Å². The summed E-state index contributed by atoms with van der Waals surface area (Å²) in [6.07, 6.45) is 1.45. The summed E-state index contributed by atoms with van der Waals surface area (Å²) in [7, 11) is 1.55. The summed E-state index contributed by atoms with van der Waals surface area (Å²) in [5, 5.41) is 14.7. The fourth-order valence-electron chi connectivity index (χ4n) is 1.84. The number of hydrogen-bond donors (Lipinski definition) is 3. The Hall–Kier alpha value is -0.750. The number of nitrogens with one attached hydrogen (secondary N) is 2. The first kappa shape index (κ1) is 13.3. The molecule has 1 aliphatic rings. The van der Waals surface area contributed by atoms with Gasteiger partial charge in [0.1, 0.15) is 5.54 Å². The molecule has 92 valence electrons. The van der Waals surface area contributed by atoms with Gasteiger partial charge in [0.2, 0.25) is 5.91 Å². The topological polar surface area (TPSA) is 78.4 Å². The molecule has 2 atom stereocenters. The van der Waals surface area contributed by atoms with Crippen LogP contribution in [0, 0.1) is 0 Å². The van der Waals surface area contributed by atoms with Gasteiger partial charge in [0.15, 0.2) is 0 Å². The molecule has 16 heavy (non-hydrogen) atoms. The molecule has 0 aliphatic carbocycles. The molecular formula is C10H18N2O3S. The number of carboxylic acids is 1. The van der Waals surface area contributed by atoms with Crippen molar-refractivity contribution in [3.8, 4) is 0 Å². The molecule has 5 nitrogen and oxygen atoms in total. The van der Waals surface area contributed by atoms with E-state index in [0.29, 0.717) is 12.2 Å². The summed E-state index contributed by atoms with van der Waals surface area (Å²) in [4.78, 5) is 22.7. The second-order valence-electron chi connectivity index (χ2n) is 4.02. The van der Waals surface area contributed by atoms with Crippen LogP contribution in [0.4, 0.5) is 0 Å². The zero-order valence-corrected chi connectivity index (χ0v) is 10.4. The number of rotatable bonds is 4. The second-order valence-corrected chi connectivity index (χ2v) is 5.13. The molecule has 0 radical (unpaired) electrons. The molecule has 1 aliphatic heterocycles. The van der Waals surface area contributed by atoms with Crippen molar-refractivity contribution < 1.29 is 14.7 Å². The van der Waals surface area contributed by atoms with Gasteiger partial charge in [0.25, 0.3) is 0 Å². The molecule has 0 aromatic heterocycles. The summed E-state index contributed by atoms with van der Waals surface area (Å²) in [5.74, 6) is 0.459. The van der Waals surface area contributed by atoms with E-state index >= 15 is 0 Å². The van der Waals surface area contributed by atoms with Crippen molar-refractivity contribution in [2.75, 3.05) is 18.6 Å². The van der Waals surface area contributed by atoms with E-state index in [1.807, 2.05) is 0 Å². The van der Waals surface area contributed by atoms with Crippen LogP contribution in [0.1, 0.15) is 19.8 Å². The molecule has 0 saturated carbocycles. The number of thioether (sulfide) groups is 1. The summed E-state index contributed by atoms with van der Waals surface area (Å²) in [5.41, 5.74) is -0.950. The minimum atomic E-state index is -0.950. The minimum Gasteiger partial charge on any atom is -0.480 e. The van der Waals surface area contributed by atoms with Crippen molar-refractivity contribution in [3.05, 3.63) is 0 Å². The van der Waals surface area contributed by atoms with E-state index < -0.39 is 17.6 Å². The molecule has 1 saturated heterocycles. The fourth-order valence-corrected chi connectivity index (χ4v) is 3.03. The average Bonchev–Trinajstić information content (AvgIpc) is 2.28. The number of carbonyl (C=O) groups excluding carboxylic acids is 1. The molecule has 0 aromatic rings. The maximum absolute atomic E-state index is 11.4. The van der Waals surface area contributed by atoms with Crippen LogP contribution < -0.4 is 10.6 Å². The Bertz CT molecular complexity index is 277. The largest absolute Gasteiger partial charge is 0.480 e. The number of hydrogen-bond acceptors (Lipinski definition) is 4. The highest BCUT2D eigenvalue weighted by Crippen LogP contribution is 2.27. The predicted octanol–water partition coefficient (Wildman–Crippen LogP) is 0.0609. The highest BCUT2D eigenvalue weighted by molar-refractivity contribution is 7.99. The molecule has 6 heteroatoms. The lowest BCUT2D eigenvalue weighted by molar-refractivity contribution is -0.145. The number of aliphatic carboxylic acids is 1. The third-order valence-corrected chi connectivity index (χ3v) is 4.06. The van der Waals surface area contributed by atoms with Crippen molar-refractivity contribution in [1.82, 2.24) is 10.6 Å². The van der Waals surface area contributed by atoms with Crippen LogP contribution >= 0.6 is 11.8 Å². The smallest absolute Gasteiger partial charge is 0.324 e. The first-order valence-corrected chi connectivity index (χ1v) is 6.48. The molecule has 1 rings (SSSR count). The quantitative estimate of drug-likeness (QED) is 0.654. The molecule has 0 aromatic carbocycles.